The summed E-state index contributed by atoms with van der Waals surface area (Å²) in [6, 6.07) is 3.91. The SMILES string of the molecule is CCCCCN(Cc1nc2cccnc2n1CCC)C(=O)C1=C(C)C=CC1. The lowest BCUT2D eigenvalue weighted by Gasteiger charge is -2.24. The van der Waals surface area contributed by atoms with Crippen LogP contribution in [0, 0.1) is 0 Å². The van der Waals surface area contributed by atoms with Gasteiger partial charge in [-0.15, -0.1) is 0 Å². The maximum absolute atomic E-state index is 13.2. The van der Waals surface area contributed by atoms with Crippen LogP contribution in [-0.2, 0) is 17.9 Å². The molecule has 0 atom stereocenters. The zero-order chi connectivity index (χ0) is 19.2. The molecule has 2 aromatic rings. The quantitative estimate of drug-likeness (QED) is 0.608. The van der Waals surface area contributed by atoms with E-state index in [9.17, 15) is 4.79 Å². The van der Waals surface area contributed by atoms with Crippen LogP contribution in [0.3, 0.4) is 0 Å². The van der Waals surface area contributed by atoms with E-state index >= 15 is 0 Å². The monoisotopic (exact) mass is 366 g/mol. The molecule has 1 aliphatic carbocycles. The minimum atomic E-state index is 0.150. The van der Waals surface area contributed by atoms with Crippen molar-refractivity contribution >= 4 is 17.1 Å². The van der Waals surface area contributed by atoms with Gasteiger partial charge in [0.1, 0.15) is 11.3 Å². The maximum atomic E-state index is 13.2. The van der Waals surface area contributed by atoms with Crippen molar-refractivity contribution < 1.29 is 4.79 Å². The molecule has 2 heterocycles. The summed E-state index contributed by atoms with van der Waals surface area (Å²) in [7, 11) is 0. The first kappa shape index (κ1) is 19.3. The van der Waals surface area contributed by atoms with Crippen molar-refractivity contribution in [3.63, 3.8) is 0 Å². The van der Waals surface area contributed by atoms with Gasteiger partial charge in [0.25, 0.3) is 5.91 Å². The summed E-state index contributed by atoms with van der Waals surface area (Å²) >= 11 is 0. The molecule has 3 rings (SSSR count). The third-order valence-electron chi connectivity index (χ3n) is 5.11. The molecule has 0 saturated carbocycles. The summed E-state index contributed by atoms with van der Waals surface area (Å²) in [5.41, 5.74) is 3.82. The van der Waals surface area contributed by atoms with Crippen molar-refractivity contribution in [3.05, 3.63) is 47.5 Å². The number of unbranched alkanes of at least 4 members (excludes halogenated alkanes) is 2. The predicted octanol–water partition coefficient (Wildman–Crippen LogP) is 4.64. The first-order valence-electron chi connectivity index (χ1n) is 10.1. The second kappa shape index (κ2) is 8.98. The molecular weight excluding hydrogens is 336 g/mol. The molecule has 0 spiro atoms. The van der Waals surface area contributed by atoms with Crippen molar-refractivity contribution in [2.45, 2.75) is 66.0 Å². The Kier molecular flexibility index (Phi) is 6.43. The number of hydrogen-bond acceptors (Lipinski definition) is 3. The second-order valence-corrected chi connectivity index (χ2v) is 7.23. The number of nitrogens with zero attached hydrogens (tertiary/aromatic N) is 4. The van der Waals surface area contributed by atoms with Crippen LogP contribution in [0.1, 0.15) is 58.7 Å². The van der Waals surface area contributed by atoms with Gasteiger partial charge in [-0.1, -0.05) is 38.8 Å². The molecule has 1 aliphatic rings. The number of aromatic nitrogens is 3. The van der Waals surface area contributed by atoms with Crippen LogP contribution in [0.15, 0.2) is 41.6 Å². The highest BCUT2D eigenvalue weighted by atomic mass is 16.2. The molecule has 0 fully saturated rings. The van der Waals surface area contributed by atoms with Gasteiger partial charge in [0.15, 0.2) is 5.65 Å². The number of imidazole rings is 1. The Morgan fingerprint density at radius 3 is 2.81 bits per heavy atom. The number of aryl methyl sites for hydroxylation is 1. The van der Waals surface area contributed by atoms with Crippen LogP contribution in [0.2, 0.25) is 0 Å². The lowest BCUT2D eigenvalue weighted by atomic mass is 10.1. The fourth-order valence-corrected chi connectivity index (χ4v) is 3.62. The first-order chi connectivity index (χ1) is 13.2. The molecule has 2 aromatic heterocycles. The minimum Gasteiger partial charge on any atom is -0.331 e. The summed E-state index contributed by atoms with van der Waals surface area (Å²) < 4.78 is 2.17. The van der Waals surface area contributed by atoms with Crippen LogP contribution in [0.4, 0.5) is 0 Å². The highest BCUT2D eigenvalue weighted by Gasteiger charge is 2.23. The Balaban J connectivity index is 1.89. The lowest BCUT2D eigenvalue weighted by molar-refractivity contribution is -0.128. The van der Waals surface area contributed by atoms with Gasteiger partial charge in [-0.2, -0.15) is 0 Å². The average Bonchev–Trinajstić information content (AvgIpc) is 3.25. The number of rotatable bonds is 9. The summed E-state index contributed by atoms with van der Waals surface area (Å²) in [6.07, 6.45) is 11.0. The van der Waals surface area contributed by atoms with Gasteiger partial charge in [0.2, 0.25) is 0 Å². The van der Waals surface area contributed by atoms with E-state index in [2.05, 4.69) is 29.5 Å². The minimum absolute atomic E-state index is 0.150. The third kappa shape index (κ3) is 4.29. The molecule has 27 heavy (non-hydrogen) atoms. The molecule has 0 radical (unpaired) electrons. The smallest absolute Gasteiger partial charge is 0.250 e. The Bertz CT molecular complexity index is 862. The zero-order valence-electron chi connectivity index (χ0n) is 16.7. The maximum Gasteiger partial charge on any atom is 0.250 e. The molecule has 5 heteroatoms. The fourth-order valence-electron chi connectivity index (χ4n) is 3.62. The van der Waals surface area contributed by atoms with Crippen LogP contribution >= 0.6 is 0 Å². The highest BCUT2D eigenvalue weighted by molar-refractivity contribution is 5.95. The molecular formula is C22H30N4O. The van der Waals surface area contributed by atoms with E-state index in [0.29, 0.717) is 6.54 Å². The van der Waals surface area contributed by atoms with Crippen LogP contribution in [-0.4, -0.2) is 31.9 Å². The number of carbonyl (C=O) groups is 1. The van der Waals surface area contributed by atoms with E-state index < -0.39 is 0 Å². The Hall–Kier alpha value is -2.43. The predicted molar refractivity (Wildman–Crippen MR) is 109 cm³/mol. The normalized spacial score (nSPS) is 13.7. The van der Waals surface area contributed by atoms with Gasteiger partial charge in [-0.05, 0) is 43.9 Å². The van der Waals surface area contributed by atoms with Gasteiger partial charge in [-0.25, -0.2) is 9.97 Å². The standard InChI is InChI=1S/C22H30N4O/c1-4-6-7-15-25(22(27)18-11-8-10-17(18)3)16-20-24-19-12-9-13-23-21(19)26(20)14-5-2/h8-10,12-13H,4-7,11,14-16H2,1-3H3. The van der Waals surface area contributed by atoms with Gasteiger partial charge >= 0.3 is 0 Å². The van der Waals surface area contributed by atoms with Crippen LogP contribution in [0.25, 0.3) is 11.2 Å². The number of amides is 1. The third-order valence-corrected chi connectivity index (χ3v) is 5.11. The summed E-state index contributed by atoms with van der Waals surface area (Å²) in [4.78, 5) is 24.5. The topological polar surface area (TPSA) is 51.0 Å². The number of allylic oxidation sites excluding steroid dienone is 3. The van der Waals surface area contributed by atoms with Crippen molar-refractivity contribution in [1.29, 1.82) is 0 Å². The van der Waals surface area contributed by atoms with E-state index in [0.717, 1.165) is 73.3 Å². The molecule has 0 aromatic carbocycles. The van der Waals surface area contributed by atoms with Gasteiger partial charge in [0, 0.05) is 24.9 Å². The largest absolute Gasteiger partial charge is 0.331 e. The molecule has 0 unspecified atom stereocenters. The molecule has 0 saturated heterocycles. The number of hydrogen-bond donors (Lipinski definition) is 0. The van der Waals surface area contributed by atoms with E-state index in [1.54, 1.807) is 0 Å². The Labute approximate surface area is 161 Å². The molecule has 144 valence electrons. The summed E-state index contributed by atoms with van der Waals surface area (Å²) in [5.74, 6) is 1.08. The van der Waals surface area contributed by atoms with E-state index in [4.69, 9.17) is 4.98 Å². The van der Waals surface area contributed by atoms with Crippen molar-refractivity contribution in [2.75, 3.05) is 6.54 Å². The Morgan fingerprint density at radius 1 is 1.26 bits per heavy atom. The number of fused-ring (bicyclic) bond motifs is 1. The number of pyridine rings is 1. The molecule has 0 N–H and O–H groups in total. The van der Waals surface area contributed by atoms with E-state index in [1.165, 1.54) is 0 Å². The highest BCUT2D eigenvalue weighted by Crippen LogP contribution is 2.23. The zero-order valence-corrected chi connectivity index (χ0v) is 16.7. The van der Waals surface area contributed by atoms with Crippen molar-refractivity contribution in [2.24, 2.45) is 0 Å². The van der Waals surface area contributed by atoms with Crippen molar-refractivity contribution in [3.8, 4) is 0 Å². The van der Waals surface area contributed by atoms with Crippen LogP contribution < -0.4 is 0 Å². The fraction of sp³-hybridized carbons (Fsp3) is 0.500. The second-order valence-electron chi connectivity index (χ2n) is 7.23. The van der Waals surface area contributed by atoms with Crippen molar-refractivity contribution in [1.82, 2.24) is 19.4 Å². The van der Waals surface area contributed by atoms with Crippen LogP contribution in [0.5, 0.6) is 0 Å². The van der Waals surface area contributed by atoms with Gasteiger partial charge < -0.3 is 9.47 Å². The van der Waals surface area contributed by atoms with Gasteiger partial charge in [0.05, 0.1) is 6.54 Å². The van der Waals surface area contributed by atoms with E-state index in [-0.39, 0.29) is 5.91 Å². The van der Waals surface area contributed by atoms with E-state index in [1.807, 2.05) is 36.2 Å². The van der Waals surface area contributed by atoms with Gasteiger partial charge in [-0.3, -0.25) is 4.79 Å². The summed E-state index contributed by atoms with van der Waals surface area (Å²) in [6.45, 7) is 8.54. The molecule has 5 nitrogen and oxygen atoms in total. The molecule has 1 amide bonds. The first-order valence-corrected chi connectivity index (χ1v) is 10.1. The summed E-state index contributed by atoms with van der Waals surface area (Å²) in [5, 5.41) is 0. The average molecular weight is 367 g/mol. The lowest BCUT2D eigenvalue weighted by Crippen LogP contribution is -2.34. The number of carbonyl (C=O) groups excluding carboxylic acids is 1. The Morgan fingerprint density at radius 2 is 2.11 bits per heavy atom. The molecule has 0 bridgehead atoms. The molecule has 0 aliphatic heterocycles.